The Hall–Kier alpha value is -1.25. The van der Waals surface area contributed by atoms with Crippen LogP contribution < -0.4 is 0 Å². The second-order valence-electron chi connectivity index (χ2n) is 12.0. The summed E-state index contributed by atoms with van der Waals surface area (Å²) in [5, 5.41) is 0.106. The van der Waals surface area contributed by atoms with Crippen LogP contribution in [0.3, 0.4) is 0 Å². The average molecular weight is 507 g/mol. The van der Waals surface area contributed by atoms with Crippen LogP contribution in [0.5, 0.6) is 0 Å². The van der Waals surface area contributed by atoms with Crippen molar-refractivity contribution in [3.63, 3.8) is 0 Å². The molecule has 2 aliphatic rings. The Bertz CT molecular complexity index is 838. The molecule has 7 heteroatoms. The third-order valence-corrected chi connectivity index (χ3v) is 12.7. The van der Waals surface area contributed by atoms with Gasteiger partial charge < -0.3 is 23.4 Å². The molecule has 2 aliphatic heterocycles. The van der Waals surface area contributed by atoms with Gasteiger partial charge in [0.1, 0.15) is 6.10 Å². The highest BCUT2D eigenvalue weighted by molar-refractivity contribution is 6.74. The van der Waals surface area contributed by atoms with E-state index in [1.807, 2.05) is 30.3 Å². The molecule has 198 valence electrons. The highest BCUT2D eigenvalue weighted by Crippen LogP contribution is 2.49. The maximum atomic E-state index is 12.0. The summed E-state index contributed by atoms with van der Waals surface area (Å²) in [6.45, 7) is 20.1. The van der Waals surface area contributed by atoms with Crippen LogP contribution >= 0.6 is 0 Å². The summed E-state index contributed by atoms with van der Waals surface area (Å²) in [5.41, 5.74) is 1.11. The number of rotatable bonds is 7. The molecule has 0 amide bonds. The van der Waals surface area contributed by atoms with E-state index in [-0.39, 0.29) is 47.3 Å². The summed E-state index contributed by atoms with van der Waals surface area (Å²) in [7, 11) is -2.01. The van der Waals surface area contributed by atoms with Crippen LogP contribution in [-0.4, -0.2) is 51.1 Å². The molecule has 1 aromatic rings. The van der Waals surface area contributed by atoms with E-state index in [9.17, 15) is 4.79 Å². The van der Waals surface area contributed by atoms with E-state index in [4.69, 9.17) is 23.4 Å². The molecule has 0 radical (unpaired) electrons. The van der Waals surface area contributed by atoms with Gasteiger partial charge in [0.2, 0.25) is 0 Å². The molecule has 35 heavy (non-hydrogen) atoms. The van der Waals surface area contributed by atoms with Gasteiger partial charge in [-0.05, 0) is 37.0 Å². The summed E-state index contributed by atoms with van der Waals surface area (Å²) < 4.78 is 32.2. The van der Waals surface area contributed by atoms with Crippen molar-refractivity contribution < 1.29 is 28.2 Å². The molecule has 0 aromatic heterocycles. The normalized spacial score (nSPS) is 34.1. The predicted octanol–water partition coefficient (Wildman–Crippen LogP) is 6.09. The minimum absolute atomic E-state index is 0.00376. The van der Waals surface area contributed by atoms with Gasteiger partial charge in [-0.2, -0.15) is 0 Å². The monoisotopic (exact) mass is 506 g/mol. The Morgan fingerprint density at radius 1 is 1.03 bits per heavy atom. The van der Waals surface area contributed by atoms with Crippen LogP contribution in [0, 0.1) is 11.8 Å². The van der Waals surface area contributed by atoms with Crippen molar-refractivity contribution in [3.05, 3.63) is 35.9 Å². The van der Waals surface area contributed by atoms with Crippen LogP contribution in [-0.2, 0) is 34.8 Å². The summed E-state index contributed by atoms with van der Waals surface area (Å²) in [6.07, 6.45) is 0.803. The smallest absolute Gasteiger partial charge is 0.302 e. The fourth-order valence-electron chi connectivity index (χ4n) is 5.11. The highest BCUT2D eigenvalue weighted by atomic mass is 28.4. The Morgan fingerprint density at radius 3 is 2.26 bits per heavy atom. The van der Waals surface area contributed by atoms with Gasteiger partial charge in [-0.3, -0.25) is 4.79 Å². The Balaban J connectivity index is 1.83. The molecule has 3 rings (SSSR count). The lowest BCUT2D eigenvalue weighted by Gasteiger charge is -2.57. The molecule has 0 N–H and O–H groups in total. The first kappa shape index (κ1) is 28.3. The Morgan fingerprint density at radius 2 is 1.66 bits per heavy atom. The van der Waals surface area contributed by atoms with Crippen molar-refractivity contribution in [3.8, 4) is 0 Å². The molecule has 0 saturated carbocycles. The molecule has 0 aliphatic carbocycles. The number of benzene rings is 1. The largest absolute Gasteiger partial charge is 0.462 e. The zero-order chi connectivity index (χ0) is 26.0. The average Bonchev–Trinajstić information content (AvgIpc) is 2.74. The summed E-state index contributed by atoms with van der Waals surface area (Å²) in [6, 6.07) is 10.1. The molecule has 0 bridgehead atoms. The molecule has 1 spiro atoms. The zero-order valence-corrected chi connectivity index (χ0v) is 24.1. The van der Waals surface area contributed by atoms with Crippen molar-refractivity contribution in [2.45, 2.75) is 116 Å². The summed E-state index contributed by atoms with van der Waals surface area (Å²) in [4.78, 5) is 12.0. The Kier molecular flexibility index (Phi) is 8.91. The number of esters is 1. The summed E-state index contributed by atoms with van der Waals surface area (Å²) >= 11 is 0. The van der Waals surface area contributed by atoms with Crippen molar-refractivity contribution in [2.75, 3.05) is 6.61 Å². The van der Waals surface area contributed by atoms with Gasteiger partial charge in [-0.15, -0.1) is 0 Å². The molecule has 7 atom stereocenters. The van der Waals surface area contributed by atoms with Crippen LogP contribution in [0.15, 0.2) is 30.3 Å². The topological polar surface area (TPSA) is 63.2 Å². The third-order valence-electron chi connectivity index (χ3n) is 8.17. The molecule has 6 nitrogen and oxygen atoms in total. The van der Waals surface area contributed by atoms with E-state index in [0.717, 1.165) is 12.0 Å². The number of ether oxygens (including phenoxy) is 4. The van der Waals surface area contributed by atoms with Gasteiger partial charge in [0, 0.05) is 25.2 Å². The SMILES string of the molecule is CC(=O)O[C@H]1C[C@H](COCc2ccccc2)O[C@@]2(O[C@@H](C)C[C@@H](O[Si](C)(C)C(C)(C)C)[C@@H]2C)[C@@H]1C. The third kappa shape index (κ3) is 6.55. The molecular weight excluding hydrogens is 460 g/mol. The minimum Gasteiger partial charge on any atom is -0.462 e. The minimum atomic E-state index is -2.01. The molecule has 2 fully saturated rings. The highest BCUT2D eigenvalue weighted by Gasteiger charge is 2.59. The first-order valence-electron chi connectivity index (χ1n) is 13.1. The van der Waals surface area contributed by atoms with Crippen LogP contribution in [0.4, 0.5) is 0 Å². The molecule has 2 saturated heterocycles. The van der Waals surface area contributed by atoms with E-state index in [0.29, 0.717) is 19.6 Å². The molecular formula is C28H46O6Si. The zero-order valence-electron chi connectivity index (χ0n) is 23.1. The quantitative estimate of drug-likeness (QED) is 0.329. The van der Waals surface area contributed by atoms with Gasteiger partial charge >= 0.3 is 5.97 Å². The fourth-order valence-corrected chi connectivity index (χ4v) is 6.52. The van der Waals surface area contributed by atoms with E-state index in [1.165, 1.54) is 6.92 Å². The van der Waals surface area contributed by atoms with Gasteiger partial charge in [0.15, 0.2) is 14.1 Å². The molecule has 0 unspecified atom stereocenters. The van der Waals surface area contributed by atoms with Gasteiger partial charge in [0.05, 0.1) is 31.5 Å². The number of hydrogen-bond acceptors (Lipinski definition) is 6. The van der Waals surface area contributed by atoms with Crippen molar-refractivity contribution in [2.24, 2.45) is 11.8 Å². The van der Waals surface area contributed by atoms with E-state index in [2.05, 4.69) is 54.6 Å². The fraction of sp³-hybridized carbons (Fsp3) is 0.750. The maximum absolute atomic E-state index is 12.0. The standard InChI is InChI=1S/C28H46O6Si/c1-19-15-26(34-35(8,9)27(5,6)7)21(3)28(32-19)20(2)25(31-22(4)29)16-24(33-28)18-30-17-23-13-11-10-12-14-23/h10-14,19-21,24-26H,15-18H2,1-9H3/t19-,20+,21-,24+,25-,26+,28-/m0/s1. The van der Waals surface area contributed by atoms with Gasteiger partial charge in [0.25, 0.3) is 0 Å². The Labute approximate surface area is 213 Å². The lowest BCUT2D eigenvalue weighted by Crippen LogP contribution is -2.66. The van der Waals surface area contributed by atoms with Crippen molar-refractivity contribution in [1.29, 1.82) is 0 Å². The summed E-state index contributed by atoms with van der Waals surface area (Å²) in [5.74, 6) is -1.37. The molecule has 2 heterocycles. The van der Waals surface area contributed by atoms with Crippen molar-refractivity contribution >= 4 is 14.3 Å². The lowest BCUT2D eigenvalue weighted by molar-refractivity contribution is -0.383. The van der Waals surface area contributed by atoms with Crippen molar-refractivity contribution in [1.82, 2.24) is 0 Å². The first-order valence-corrected chi connectivity index (χ1v) is 16.0. The van der Waals surface area contributed by atoms with E-state index in [1.54, 1.807) is 0 Å². The van der Waals surface area contributed by atoms with Crippen LogP contribution in [0.1, 0.15) is 66.9 Å². The van der Waals surface area contributed by atoms with Gasteiger partial charge in [-0.25, -0.2) is 0 Å². The van der Waals surface area contributed by atoms with Crippen LogP contribution in [0.25, 0.3) is 0 Å². The van der Waals surface area contributed by atoms with E-state index < -0.39 is 14.1 Å². The number of carbonyl (C=O) groups excluding carboxylic acids is 1. The number of hydrogen-bond donors (Lipinski definition) is 0. The predicted molar refractivity (Wildman–Crippen MR) is 139 cm³/mol. The lowest BCUT2D eigenvalue weighted by atomic mass is 9.75. The van der Waals surface area contributed by atoms with E-state index >= 15 is 0 Å². The molecule has 1 aromatic carbocycles. The first-order chi connectivity index (χ1) is 16.2. The van der Waals surface area contributed by atoms with Crippen LogP contribution in [0.2, 0.25) is 18.1 Å². The number of carbonyl (C=O) groups is 1. The van der Waals surface area contributed by atoms with Gasteiger partial charge in [-0.1, -0.05) is 65.0 Å². The second kappa shape index (κ2) is 11.0. The maximum Gasteiger partial charge on any atom is 0.302 e. The second-order valence-corrected chi connectivity index (χ2v) is 16.8.